The molecular weight excluding hydrogens is 304 g/mol. The minimum atomic E-state index is -0.808. The number of carboxylic acid groups (broad SMARTS) is 1. The Bertz CT molecular complexity index is 661. The second-order valence-electron chi connectivity index (χ2n) is 7.83. The van der Waals surface area contributed by atoms with E-state index in [0.29, 0.717) is 12.8 Å². The number of rotatable bonds is 2. The van der Waals surface area contributed by atoms with E-state index in [1.165, 1.54) is 0 Å². The molecule has 0 aromatic heterocycles. The van der Waals surface area contributed by atoms with E-state index in [2.05, 4.69) is 20.8 Å². The summed E-state index contributed by atoms with van der Waals surface area (Å²) in [5.41, 5.74) is 3.54. The van der Waals surface area contributed by atoms with E-state index in [0.717, 1.165) is 65.9 Å². The Morgan fingerprint density at radius 1 is 1.00 bits per heavy atom. The van der Waals surface area contributed by atoms with Crippen LogP contribution in [0.25, 0.3) is 0 Å². The maximum Gasteiger partial charge on any atom is 0.314 e. The van der Waals surface area contributed by atoms with Crippen LogP contribution in [0.15, 0.2) is 0 Å². The Balaban J connectivity index is 2.00. The van der Waals surface area contributed by atoms with Crippen LogP contribution >= 0.6 is 0 Å². The number of hydrogen-bond donors (Lipinski definition) is 1. The predicted molar refractivity (Wildman–Crippen MR) is 91.2 cm³/mol. The first-order valence-electron chi connectivity index (χ1n) is 9.19. The third-order valence-corrected chi connectivity index (χ3v) is 6.09. The fourth-order valence-electron chi connectivity index (χ4n) is 4.96. The summed E-state index contributed by atoms with van der Waals surface area (Å²) in [6.45, 7) is 6.22. The molecule has 2 aliphatic heterocycles. The number of benzene rings is 1. The van der Waals surface area contributed by atoms with E-state index in [1.54, 1.807) is 0 Å². The molecule has 0 bridgehead atoms. The standard InChI is InChI=1S/C20H26O4/c1-11-9-14-13(3)17-15(10-12(2)23-17)16(18(14)24-11)20(19(21)22)7-5-4-6-8-20/h11-12H,4-10H2,1-3H3,(H,21,22). The maximum absolute atomic E-state index is 12.4. The zero-order valence-electron chi connectivity index (χ0n) is 14.8. The van der Waals surface area contributed by atoms with E-state index in [9.17, 15) is 9.90 Å². The molecule has 1 fully saturated rings. The lowest BCUT2D eigenvalue weighted by Gasteiger charge is -2.36. The van der Waals surface area contributed by atoms with Gasteiger partial charge < -0.3 is 14.6 Å². The molecule has 1 aromatic carbocycles. The van der Waals surface area contributed by atoms with Crippen LogP contribution in [-0.2, 0) is 23.1 Å². The summed E-state index contributed by atoms with van der Waals surface area (Å²) in [7, 11) is 0. The third-order valence-electron chi connectivity index (χ3n) is 6.09. The largest absolute Gasteiger partial charge is 0.490 e. The van der Waals surface area contributed by atoms with Gasteiger partial charge in [0.05, 0.1) is 5.41 Å². The normalized spacial score (nSPS) is 27.1. The minimum Gasteiger partial charge on any atom is -0.490 e. The van der Waals surface area contributed by atoms with Crippen LogP contribution in [0.5, 0.6) is 11.5 Å². The molecule has 4 nitrogen and oxygen atoms in total. The smallest absolute Gasteiger partial charge is 0.314 e. The van der Waals surface area contributed by atoms with E-state index < -0.39 is 11.4 Å². The van der Waals surface area contributed by atoms with Gasteiger partial charge >= 0.3 is 5.97 Å². The molecule has 2 atom stereocenters. The quantitative estimate of drug-likeness (QED) is 0.893. The van der Waals surface area contributed by atoms with E-state index in [-0.39, 0.29) is 12.2 Å². The van der Waals surface area contributed by atoms with Crippen LogP contribution < -0.4 is 9.47 Å². The predicted octanol–water partition coefficient (Wildman–Crippen LogP) is 3.93. The zero-order valence-corrected chi connectivity index (χ0v) is 14.8. The van der Waals surface area contributed by atoms with Crippen molar-refractivity contribution in [2.45, 2.75) is 83.3 Å². The van der Waals surface area contributed by atoms with Gasteiger partial charge in [-0.1, -0.05) is 19.3 Å². The Morgan fingerprint density at radius 2 is 1.58 bits per heavy atom. The SMILES string of the molecule is Cc1c2c(c(C3(C(=O)O)CCCCC3)c3c1OC(C)C3)OC(C)C2. The summed E-state index contributed by atoms with van der Waals surface area (Å²) in [6, 6.07) is 0. The fourth-order valence-corrected chi connectivity index (χ4v) is 4.96. The van der Waals surface area contributed by atoms with Crippen molar-refractivity contribution < 1.29 is 19.4 Å². The third kappa shape index (κ3) is 2.08. The number of hydrogen-bond acceptors (Lipinski definition) is 3. The minimum absolute atomic E-state index is 0.104. The van der Waals surface area contributed by atoms with Crippen LogP contribution in [0.1, 0.15) is 68.2 Å². The fraction of sp³-hybridized carbons (Fsp3) is 0.650. The molecule has 1 saturated carbocycles. The van der Waals surface area contributed by atoms with Crippen molar-refractivity contribution in [1.29, 1.82) is 0 Å². The van der Waals surface area contributed by atoms with Gasteiger partial charge in [0.25, 0.3) is 0 Å². The molecule has 2 unspecified atom stereocenters. The van der Waals surface area contributed by atoms with E-state index in [1.807, 2.05) is 0 Å². The molecule has 0 saturated heterocycles. The highest BCUT2D eigenvalue weighted by Gasteiger charge is 2.49. The summed E-state index contributed by atoms with van der Waals surface area (Å²) in [4.78, 5) is 12.4. The molecule has 1 N–H and O–H groups in total. The van der Waals surface area contributed by atoms with Gasteiger partial charge in [-0.3, -0.25) is 4.79 Å². The van der Waals surface area contributed by atoms with Crippen LogP contribution in [0.4, 0.5) is 0 Å². The molecule has 24 heavy (non-hydrogen) atoms. The van der Waals surface area contributed by atoms with Crippen LogP contribution in [0.2, 0.25) is 0 Å². The summed E-state index contributed by atoms with van der Waals surface area (Å²) in [5, 5.41) is 10.2. The van der Waals surface area contributed by atoms with Gasteiger partial charge in [-0.25, -0.2) is 0 Å². The average molecular weight is 330 g/mol. The average Bonchev–Trinajstić information content (AvgIpc) is 3.11. The van der Waals surface area contributed by atoms with Crippen molar-refractivity contribution >= 4 is 5.97 Å². The van der Waals surface area contributed by atoms with Crippen molar-refractivity contribution in [3.8, 4) is 11.5 Å². The summed E-state index contributed by atoms with van der Waals surface area (Å²) >= 11 is 0. The van der Waals surface area contributed by atoms with Gasteiger partial charge in [-0.15, -0.1) is 0 Å². The molecule has 0 radical (unpaired) electrons. The molecule has 130 valence electrons. The van der Waals surface area contributed by atoms with Crippen molar-refractivity contribution in [1.82, 2.24) is 0 Å². The second-order valence-corrected chi connectivity index (χ2v) is 7.83. The van der Waals surface area contributed by atoms with Gasteiger partial charge in [0, 0.05) is 29.5 Å². The lowest BCUT2D eigenvalue weighted by molar-refractivity contribution is -0.145. The first-order valence-corrected chi connectivity index (χ1v) is 9.19. The molecular formula is C20H26O4. The topological polar surface area (TPSA) is 55.8 Å². The molecule has 2 heterocycles. The molecule has 4 rings (SSSR count). The maximum atomic E-state index is 12.4. The molecule has 1 aliphatic carbocycles. The summed E-state index contributed by atoms with van der Waals surface area (Å²) < 4.78 is 12.3. The number of fused-ring (bicyclic) bond motifs is 2. The van der Waals surface area contributed by atoms with Gasteiger partial charge in [0.15, 0.2) is 0 Å². The summed E-state index contributed by atoms with van der Waals surface area (Å²) in [5.74, 6) is 1.10. The molecule has 0 spiro atoms. The Kier molecular flexibility index (Phi) is 3.55. The summed E-state index contributed by atoms with van der Waals surface area (Å²) in [6.07, 6.45) is 6.30. The van der Waals surface area contributed by atoms with Gasteiger partial charge in [-0.2, -0.15) is 0 Å². The highest BCUT2D eigenvalue weighted by Crippen LogP contribution is 2.54. The van der Waals surface area contributed by atoms with Crippen LogP contribution in [0, 0.1) is 6.92 Å². The highest BCUT2D eigenvalue weighted by atomic mass is 16.5. The molecule has 4 heteroatoms. The lowest BCUT2D eigenvalue weighted by atomic mass is 9.66. The van der Waals surface area contributed by atoms with Crippen molar-refractivity contribution in [2.24, 2.45) is 0 Å². The van der Waals surface area contributed by atoms with Gasteiger partial charge in [-0.05, 0) is 39.2 Å². The zero-order chi connectivity index (χ0) is 17.1. The van der Waals surface area contributed by atoms with E-state index >= 15 is 0 Å². The van der Waals surface area contributed by atoms with Gasteiger partial charge in [0.1, 0.15) is 23.7 Å². The lowest BCUT2D eigenvalue weighted by Crippen LogP contribution is -2.39. The first kappa shape index (κ1) is 15.8. The Morgan fingerprint density at radius 3 is 2.21 bits per heavy atom. The van der Waals surface area contributed by atoms with E-state index in [4.69, 9.17) is 9.47 Å². The Labute approximate surface area is 143 Å². The second kappa shape index (κ2) is 5.40. The van der Waals surface area contributed by atoms with Gasteiger partial charge in [0.2, 0.25) is 0 Å². The van der Waals surface area contributed by atoms with Crippen molar-refractivity contribution in [3.05, 3.63) is 22.3 Å². The van der Waals surface area contributed by atoms with Crippen molar-refractivity contribution in [2.75, 3.05) is 0 Å². The number of carboxylic acids is 1. The molecule has 1 aromatic rings. The number of ether oxygens (including phenoxy) is 2. The Hall–Kier alpha value is -1.71. The molecule has 3 aliphatic rings. The van der Waals surface area contributed by atoms with Crippen molar-refractivity contribution in [3.63, 3.8) is 0 Å². The monoisotopic (exact) mass is 330 g/mol. The first-order chi connectivity index (χ1) is 11.4. The molecule has 0 amide bonds. The van der Waals surface area contributed by atoms with Crippen LogP contribution in [-0.4, -0.2) is 23.3 Å². The van der Waals surface area contributed by atoms with Crippen LogP contribution in [0.3, 0.4) is 0 Å². The number of carbonyl (C=O) groups is 1. The highest BCUT2D eigenvalue weighted by molar-refractivity contribution is 5.85. The number of aliphatic carboxylic acids is 1.